The smallest absolute Gasteiger partial charge is 0.131 e. The van der Waals surface area contributed by atoms with E-state index in [-0.39, 0.29) is 5.84 Å². The molecule has 0 saturated heterocycles. The molecule has 4 nitrogen and oxygen atoms in total. The Kier molecular flexibility index (Phi) is 6.73. The fraction of sp³-hybridized carbons (Fsp3) is 0.500. The molecule has 106 valence electrons. The van der Waals surface area contributed by atoms with Gasteiger partial charge in [-0.05, 0) is 31.5 Å². The van der Waals surface area contributed by atoms with Crippen LogP contribution in [0.4, 0.5) is 0 Å². The number of rotatable bonds is 8. The summed E-state index contributed by atoms with van der Waals surface area (Å²) in [7, 11) is 0. The number of nitrogens with zero attached hydrogens (tertiary/aromatic N) is 1. The van der Waals surface area contributed by atoms with Gasteiger partial charge in [-0.15, -0.1) is 11.8 Å². The molecule has 1 aromatic rings. The third-order valence-corrected chi connectivity index (χ3v) is 3.82. The summed E-state index contributed by atoms with van der Waals surface area (Å²) >= 11 is 1.58. The zero-order valence-corrected chi connectivity index (χ0v) is 12.7. The molecule has 0 heterocycles. The van der Waals surface area contributed by atoms with Gasteiger partial charge in [0.15, 0.2) is 0 Å². The number of ether oxygens (including phenoxy) is 1. The number of hydrogen-bond acceptors (Lipinski definition) is 4. The molecule has 0 aromatic heterocycles. The van der Waals surface area contributed by atoms with E-state index in [1.807, 2.05) is 24.5 Å². The van der Waals surface area contributed by atoms with E-state index in [0.29, 0.717) is 17.9 Å². The minimum absolute atomic E-state index is 0.0581. The van der Waals surface area contributed by atoms with Crippen molar-refractivity contribution >= 4 is 17.6 Å². The minimum atomic E-state index is 0.0581. The van der Waals surface area contributed by atoms with Gasteiger partial charge in [-0.1, -0.05) is 19.9 Å². The van der Waals surface area contributed by atoms with Gasteiger partial charge >= 0.3 is 0 Å². The molecule has 0 aliphatic carbocycles. The van der Waals surface area contributed by atoms with Crippen molar-refractivity contribution in [1.82, 2.24) is 4.90 Å². The van der Waals surface area contributed by atoms with Gasteiger partial charge in [-0.3, -0.25) is 5.41 Å². The molecule has 0 aliphatic rings. The Morgan fingerprint density at radius 2 is 2.05 bits per heavy atom. The van der Waals surface area contributed by atoms with Gasteiger partial charge in [0.1, 0.15) is 18.2 Å². The SMILES string of the molecule is CCN(CC)CCOc1cccc(SC)c1C(=N)N. The van der Waals surface area contributed by atoms with Gasteiger partial charge in [0.25, 0.3) is 0 Å². The van der Waals surface area contributed by atoms with Crippen LogP contribution in [0.1, 0.15) is 19.4 Å². The molecule has 1 rings (SSSR count). The van der Waals surface area contributed by atoms with E-state index in [0.717, 1.165) is 24.5 Å². The first-order valence-electron chi connectivity index (χ1n) is 6.50. The lowest BCUT2D eigenvalue weighted by molar-refractivity contribution is 0.222. The molecular formula is C14H23N3OS. The molecule has 0 amide bonds. The van der Waals surface area contributed by atoms with Crippen LogP contribution in [0, 0.1) is 5.41 Å². The predicted molar refractivity (Wildman–Crippen MR) is 82.5 cm³/mol. The maximum absolute atomic E-state index is 7.69. The fourth-order valence-electron chi connectivity index (χ4n) is 1.89. The van der Waals surface area contributed by atoms with E-state index < -0.39 is 0 Å². The van der Waals surface area contributed by atoms with Crippen molar-refractivity contribution < 1.29 is 4.74 Å². The second-order valence-corrected chi connectivity index (χ2v) is 4.97. The van der Waals surface area contributed by atoms with Gasteiger partial charge in [0.2, 0.25) is 0 Å². The van der Waals surface area contributed by atoms with Crippen LogP contribution in [0.5, 0.6) is 5.75 Å². The lowest BCUT2D eigenvalue weighted by Crippen LogP contribution is -2.28. The highest BCUT2D eigenvalue weighted by atomic mass is 32.2. The van der Waals surface area contributed by atoms with Gasteiger partial charge in [0, 0.05) is 11.4 Å². The second-order valence-electron chi connectivity index (χ2n) is 4.12. The summed E-state index contributed by atoms with van der Waals surface area (Å²) in [5, 5.41) is 7.69. The number of amidine groups is 1. The molecule has 3 N–H and O–H groups in total. The van der Waals surface area contributed by atoms with Crippen molar-refractivity contribution in [2.75, 3.05) is 32.5 Å². The summed E-state index contributed by atoms with van der Waals surface area (Å²) in [6, 6.07) is 5.77. The second kappa shape index (κ2) is 8.07. The average Bonchev–Trinajstić information content (AvgIpc) is 2.42. The van der Waals surface area contributed by atoms with Crippen LogP contribution >= 0.6 is 11.8 Å². The number of hydrogen-bond donors (Lipinski definition) is 2. The highest BCUT2D eigenvalue weighted by Gasteiger charge is 2.12. The zero-order chi connectivity index (χ0) is 14.3. The first-order valence-corrected chi connectivity index (χ1v) is 7.73. The predicted octanol–water partition coefficient (Wildman–Crippen LogP) is 2.41. The minimum Gasteiger partial charge on any atom is -0.491 e. The van der Waals surface area contributed by atoms with E-state index in [1.165, 1.54) is 0 Å². The van der Waals surface area contributed by atoms with Gasteiger partial charge in [-0.2, -0.15) is 0 Å². The van der Waals surface area contributed by atoms with Crippen LogP contribution in [0.3, 0.4) is 0 Å². The number of likely N-dealkylation sites (N-methyl/N-ethyl adjacent to an activating group) is 1. The quantitative estimate of drug-likeness (QED) is 0.436. The Balaban J connectivity index is 2.75. The Morgan fingerprint density at radius 1 is 1.37 bits per heavy atom. The summed E-state index contributed by atoms with van der Waals surface area (Å²) in [6.45, 7) is 7.81. The first-order chi connectivity index (χ1) is 9.13. The summed E-state index contributed by atoms with van der Waals surface area (Å²) in [4.78, 5) is 3.28. The third kappa shape index (κ3) is 4.44. The normalized spacial score (nSPS) is 10.7. The summed E-state index contributed by atoms with van der Waals surface area (Å²) < 4.78 is 5.80. The molecule has 0 aliphatic heterocycles. The Bertz CT molecular complexity index is 419. The molecule has 5 heteroatoms. The van der Waals surface area contributed by atoms with Crippen molar-refractivity contribution in [3.8, 4) is 5.75 Å². The molecule has 1 aromatic carbocycles. The van der Waals surface area contributed by atoms with Crippen LogP contribution in [-0.2, 0) is 0 Å². The monoisotopic (exact) mass is 281 g/mol. The van der Waals surface area contributed by atoms with Crippen LogP contribution in [0.15, 0.2) is 23.1 Å². The van der Waals surface area contributed by atoms with Crippen molar-refractivity contribution in [1.29, 1.82) is 5.41 Å². The molecule has 0 fully saturated rings. The highest BCUT2D eigenvalue weighted by Crippen LogP contribution is 2.28. The van der Waals surface area contributed by atoms with Crippen LogP contribution in [0.25, 0.3) is 0 Å². The standard InChI is InChI=1S/C14H23N3OS/c1-4-17(5-2)9-10-18-11-7-6-8-12(19-3)13(11)14(15)16/h6-8H,4-5,9-10H2,1-3H3,(H3,15,16). The fourth-order valence-corrected chi connectivity index (χ4v) is 2.52. The summed E-state index contributed by atoms with van der Waals surface area (Å²) in [6.07, 6.45) is 1.97. The largest absolute Gasteiger partial charge is 0.491 e. The summed E-state index contributed by atoms with van der Waals surface area (Å²) in [5.74, 6) is 0.759. The van der Waals surface area contributed by atoms with Crippen molar-refractivity contribution in [2.45, 2.75) is 18.7 Å². The molecule has 0 saturated carbocycles. The Hall–Kier alpha value is -1.20. The van der Waals surface area contributed by atoms with Gasteiger partial charge in [-0.25, -0.2) is 0 Å². The molecule has 0 spiro atoms. The van der Waals surface area contributed by atoms with Crippen molar-refractivity contribution in [3.05, 3.63) is 23.8 Å². The number of thioether (sulfide) groups is 1. The van der Waals surface area contributed by atoms with Crippen LogP contribution < -0.4 is 10.5 Å². The lowest BCUT2D eigenvalue weighted by Gasteiger charge is -2.19. The van der Waals surface area contributed by atoms with Crippen molar-refractivity contribution in [3.63, 3.8) is 0 Å². The lowest BCUT2D eigenvalue weighted by atomic mass is 10.2. The van der Waals surface area contributed by atoms with Gasteiger partial charge in [0.05, 0.1) is 5.56 Å². The first kappa shape index (κ1) is 15.9. The van der Waals surface area contributed by atoms with Crippen LogP contribution in [-0.4, -0.2) is 43.2 Å². The third-order valence-electron chi connectivity index (χ3n) is 3.04. The van der Waals surface area contributed by atoms with Crippen molar-refractivity contribution in [2.24, 2.45) is 5.73 Å². The molecule has 0 atom stereocenters. The molecule has 0 unspecified atom stereocenters. The Labute approximate surface area is 119 Å². The molecule has 0 bridgehead atoms. The topological polar surface area (TPSA) is 62.3 Å². The summed E-state index contributed by atoms with van der Waals surface area (Å²) in [5.41, 5.74) is 6.36. The number of nitrogens with two attached hydrogens (primary N) is 1. The maximum atomic E-state index is 7.69. The number of nitrogen functional groups attached to an aromatic ring is 1. The highest BCUT2D eigenvalue weighted by molar-refractivity contribution is 7.98. The average molecular weight is 281 g/mol. The van der Waals surface area contributed by atoms with E-state index in [9.17, 15) is 0 Å². The maximum Gasteiger partial charge on any atom is 0.131 e. The number of benzene rings is 1. The molecular weight excluding hydrogens is 258 g/mol. The van der Waals surface area contributed by atoms with E-state index >= 15 is 0 Å². The van der Waals surface area contributed by atoms with E-state index in [4.69, 9.17) is 15.9 Å². The molecule has 19 heavy (non-hydrogen) atoms. The van der Waals surface area contributed by atoms with Crippen LogP contribution in [0.2, 0.25) is 0 Å². The van der Waals surface area contributed by atoms with E-state index in [2.05, 4.69) is 18.7 Å². The Morgan fingerprint density at radius 3 is 2.58 bits per heavy atom. The zero-order valence-electron chi connectivity index (χ0n) is 11.9. The number of nitrogens with one attached hydrogen (secondary N) is 1. The van der Waals surface area contributed by atoms with E-state index in [1.54, 1.807) is 11.8 Å². The van der Waals surface area contributed by atoms with Gasteiger partial charge < -0.3 is 15.4 Å². The molecule has 0 radical (unpaired) electrons.